The van der Waals surface area contributed by atoms with Crippen molar-refractivity contribution in [2.24, 2.45) is 0 Å². The van der Waals surface area contributed by atoms with Crippen LogP contribution in [0.25, 0.3) is 0 Å². The third-order valence-electron chi connectivity index (χ3n) is 10.9. The van der Waals surface area contributed by atoms with E-state index >= 15 is 0 Å². The summed E-state index contributed by atoms with van der Waals surface area (Å²) in [4.78, 5) is 43.0. The fraction of sp³-hybridized carbons (Fsp3) is 0.878. The van der Waals surface area contributed by atoms with Crippen LogP contribution in [0, 0.1) is 0 Å². The monoisotopic (exact) mass is 841 g/mol. The first-order chi connectivity index (χ1) is 28.3. The Morgan fingerprint density at radius 3 is 1.05 bits per heavy atom. The number of unbranched alkanes of at least 4 members (excludes halogenated alkanes) is 32. The van der Waals surface area contributed by atoms with Crippen LogP contribution in [0.4, 0.5) is 0 Å². The second kappa shape index (κ2) is 45.1. The van der Waals surface area contributed by atoms with Gasteiger partial charge in [0.05, 0.1) is 6.61 Å². The van der Waals surface area contributed by atoms with Gasteiger partial charge in [-0.1, -0.05) is 205 Å². The minimum atomic E-state index is -4.76. The molecule has 342 valence electrons. The van der Waals surface area contributed by atoms with E-state index in [4.69, 9.17) is 19.3 Å². The van der Waals surface area contributed by atoms with Crippen LogP contribution in [0.1, 0.15) is 258 Å². The summed E-state index contributed by atoms with van der Waals surface area (Å²) < 4.78 is 26.5. The van der Waals surface area contributed by atoms with Crippen molar-refractivity contribution in [2.75, 3.05) is 13.2 Å². The summed E-state index contributed by atoms with van der Waals surface area (Å²) in [5.41, 5.74) is 0. The first-order valence-electron chi connectivity index (χ1n) is 24.6. The number of rotatable bonds is 46. The fourth-order valence-corrected chi connectivity index (χ4v) is 7.61. The van der Waals surface area contributed by atoms with Crippen LogP contribution in [0.15, 0.2) is 24.3 Å². The Labute approximate surface area is 358 Å². The lowest BCUT2D eigenvalue weighted by molar-refractivity contribution is -0.161. The molecule has 0 aliphatic heterocycles. The van der Waals surface area contributed by atoms with Crippen LogP contribution in [-0.4, -0.2) is 41.0 Å². The van der Waals surface area contributed by atoms with E-state index in [1.165, 1.54) is 186 Å². The van der Waals surface area contributed by atoms with Gasteiger partial charge in [0.15, 0.2) is 6.10 Å². The molecule has 0 aromatic heterocycles. The number of hydrogen-bond acceptors (Lipinski definition) is 6. The molecule has 1 atom stereocenters. The number of carbonyl (C=O) groups excluding carboxylic acids is 2. The zero-order chi connectivity index (χ0) is 42.5. The smallest absolute Gasteiger partial charge is 0.462 e. The molecule has 0 saturated heterocycles. The highest BCUT2D eigenvalue weighted by Crippen LogP contribution is 2.36. The molecular formula is C49H93O8P. The lowest BCUT2D eigenvalue weighted by atomic mass is 10.0. The van der Waals surface area contributed by atoms with Crippen molar-refractivity contribution in [3.8, 4) is 0 Å². The molecule has 0 aliphatic carbocycles. The average molecular weight is 841 g/mol. The number of carbonyl (C=O) groups is 2. The summed E-state index contributed by atoms with van der Waals surface area (Å²) >= 11 is 0. The Balaban J connectivity index is 3.82. The molecule has 0 rings (SSSR count). The molecule has 0 aromatic rings. The summed E-state index contributed by atoms with van der Waals surface area (Å²) in [7, 11) is -4.76. The van der Waals surface area contributed by atoms with E-state index in [2.05, 4.69) is 42.7 Å². The predicted octanol–water partition coefficient (Wildman–Crippen LogP) is 15.5. The van der Waals surface area contributed by atoms with Gasteiger partial charge in [-0.15, -0.1) is 0 Å². The van der Waals surface area contributed by atoms with Crippen molar-refractivity contribution in [2.45, 2.75) is 264 Å². The van der Waals surface area contributed by atoms with Gasteiger partial charge < -0.3 is 19.3 Å². The number of phosphoric acid groups is 1. The van der Waals surface area contributed by atoms with Gasteiger partial charge in [-0.3, -0.25) is 14.1 Å². The zero-order valence-electron chi connectivity index (χ0n) is 38.0. The lowest BCUT2D eigenvalue weighted by Crippen LogP contribution is -2.29. The number of phosphoric ester groups is 1. The summed E-state index contributed by atoms with van der Waals surface area (Å²) in [6, 6.07) is 0. The van der Waals surface area contributed by atoms with E-state index in [-0.39, 0.29) is 19.4 Å². The number of esters is 2. The molecule has 0 radical (unpaired) electrons. The molecule has 0 bridgehead atoms. The van der Waals surface area contributed by atoms with Crippen molar-refractivity contribution in [1.82, 2.24) is 0 Å². The highest BCUT2D eigenvalue weighted by Gasteiger charge is 2.23. The third-order valence-corrected chi connectivity index (χ3v) is 11.4. The van der Waals surface area contributed by atoms with Gasteiger partial charge in [-0.2, -0.15) is 0 Å². The van der Waals surface area contributed by atoms with Gasteiger partial charge in [0, 0.05) is 12.8 Å². The topological polar surface area (TPSA) is 119 Å². The molecule has 0 heterocycles. The van der Waals surface area contributed by atoms with Crippen molar-refractivity contribution < 1.29 is 37.9 Å². The molecule has 0 unspecified atom stereocenters. The van der Waals surface area contributed by atoms with Crippen LogP contribution in [0.2, 0.25) is 0 Å². The van der Waals surface area contributed by atoms with Crippen molar-refractivity contribution in [3.05, 3.63) is 24.3 Å². The molecule has 0 spiro atoms. The maximum absolute atomic E-state index is 12.5. The highest BCUT2D eigenvalue weighted by atomic mass is 31.2. The Hall–Kier alpha value is -1.47. The molecule has 0 aromatic carbocycles. The van der Waals surface area contributed by atoms with Gasteiger partial charge >= 0.3 is 19.8 Å². The standard InChI is InChI=1S/C49H93O8P/c1-3-5-7-9-11-13-15-17-19-21-23-24-26-28-30-32-34-36-38-40-42-44-49(51)57-47(46-56-58(52,53)54)45-55-48(50)43-41-39-37-35-33-31-29-27-25-22-20-18-16-14-12-10-8-6-4-2/h17-20,47H,3-16,21-46H2,1-2H3,(H2,52,53,54)/b19-17+,20-18+/t47-/m1/s1. The number of ether oxygens (including phenoxy) is 2. The molecular weight excluding hydrogens is 748 g/mol. The summed E-state index contributed by atoms with van der Waals surface area (Å²) in [5, 5.41) is 0. The van der Waals surface area contributed by atoms with Gasteiger partial charge in [0.1, 0.15) is 6.61 Å². The Morgan fingerprint density at radius 1 is 0.431 bits per heavy atom. The lowest BCUT2D eigenvalue weighted by Gasteiger charge is -2.18. The van der Waals surface area contributed by atoms with Crippen molar-refractivity contribution >= 4 is 19.8 Å². The molecule has 2 N–H and O–H groups in total. The van der Waals surface area contributed by atoms with Crippen LogP contribution >= 0.6 is 7.82 Å². The van der Waals surface area contributed by atoms with Gasteiger partial charge in [0.25, 0.3) is 0 Å². The van der Waals surface area contributed by atoms with E-state index in [0.29, 0.717) is 6.42 Å². The van der Waals surface area contributed by atoms with Crippen molar-refractivity contribution in [3.63, 3.8) is 0 Å². The van der Waals surface area contributed by atoms with Gasteiger partial charge in [0.2, 0.25) is 0 Å². The van der Waals surface area contributed by atoms with Crippen LogP contribution in [0.5, 0.6) is 0 Å². The first-order valence-corrected chi connectivity index (χ1v) is 26.2. The second-order valence-corrected chi connectivity index (χ2v) is 18.0. The molecule has 0 fully saturated rings. The van der Waals surface area contributed by atoms with Crippen molar-refractivity contribution in [1.29, 1.82) is 0 Å². The summed E-state index contributed by atoms with van der Waals surface area (Å²) in [5.74, 6) is -0.876. The predicted molar refractivity (Wildman–Crippen MR) is 244 cm³/mol. The normalized spacial score (nSPS) is 12.6. The Bertz CT molecular complexity index is 993. The van der Waals surface area contributed by atoms with E-state index < -0.39 is 32.5 Å². The molecule has 0 aliphatic rings. The highest BCUT2D eigenvalue weighted by molar-refractivity contribution is 7.46. The van der Waals surface area contributed by atoms with Gasteiger partial charge in [-0.05, 0) is 64.2 Å². The van der Waals surface area contributed by atoms with Crippen LogP contribution in [-0.2, 0) is 28.2 Å². The minimum Gasteiger partial charge on any atom is -0.462 e. The zero-order valence-corrected chi connectivity index (χ0v) is 38.9. The molecule has 58 heavy (non-hydrogen) atoms. The van der Waals surface area contributed by atoms with Crippen LogP contribution in [0.3, 0.4) is 0 Å². The average Bonchev–Trinajstić information content (AvgIpc) is 3.20. The Kier molecular flexibility index (Phi) is 43.9. The second-order valence-electron chi connectivity index (χ2n) is 16.8. The van der Waals surface area contributed by atoms with E-state index in [9.17, 15) is 14.2 Å². The molecule has 9 heteroatoms. The Morgan fingerprint density at radius 2 is 0.724 bits per heavy atom. The third kappa shape index (κ3) is 47.2. The van der Waals surface area contributed by atoms with E-state index in [1.807, 2.05) is 0 Å². The number of hydrogen-bond donors (Lipinski definition) is 2. The van der Waals surface area contributed by atoms with E-state index in [1.54, 1.807) is 0 Å². The maximum Gasteiger partial charge on any atom is 0.469 e. The molecule has 0 saturated carbocycles. The fourth-order valence-electron chi connectivity index (χ4n) is 7.25. The van der Waals surface area contributed by atoms with E-state index in [0.717, 1.165) is 38.5 Å². The number of allylic oxidation sites excluding steroid dienone is 4. The largest absolute Gasteiger partial charge is 0.469 e. The van der Waals surface area contributed by atoms with Crippen LogP contribution < -0.4 is 0 Å². The molecule has 0 amide bonds. The summed E-state index contributed by atoms with van der Waals surface area (Å²) in [6.07, 6.45) is 53.3. The minimum absolute atomic E-state index is 0.214. The SMILES string of the molecule is CCCCCCCC/C=C/CCCCCCCCCCCCCC(=O)O[C@H](COC(=O)CCCCCCCCCCC/C=C/CCCCCCCC)COP(=O)(O)O. The summed E-state index contributed by atoms with van der Waals surface area (Å²) in [6.45, 7) is 3.72. The van der Waals surface area contributed by atoms with Gasteiger partial charge in [-0.25, -0.2) is 4.57 Å². The quantitative estimate of drug-likeness (QED) is 0.0269. The first kappa shape index (κ1) is 56.5. The molecule has 8 nitrogen and oxygen atoms in total. The maximum atomic E-state index is 12.5.